The summed E-state index contributed by atoms with van der Waals surface area (Å²) in [4.78, 5) is 16.6. The lowest BCUT2D eigenvalue weighted by atomic mass is 10.2. The fourth-order valence-electron chi connectivity index (χ4n) is 2.96. The first-order chi connectivity index (χ1) is 14.5. The molecule has 0 radical (unpaired) electrons. The van der Waals surface area contributed by atoms with E-state index in [0.717, 1.165) is 22.7 Å². The van der Waals surface area contributed by atoms with Gasteiger partial charge in [0.15, 0.2) is 0 Å². The van der Waals surface area contributed by atoms with E-state index in [0.29, 0.717) is 28.6 Å². The molecular weight excluding hydrogens is 404 g/mol. The number of hydrogen-bond donors (Lipinski definition) is 1. The molecule has 2 aromatic carbocycles. The summed E-state index contributed by atoms with van der Waals surface area (Å²) < 4.78 is 12.7. The molecule has 7 nitrogen and oxygen atoms in total. The average molecular weight is 423 g/mol. The molecule has 152 valence electrons. The van der Waals surface area contributed by atoms with Gasteiger partial charge < -0.3 is 19.1 Å². The molecule has 4 aromatic rings. The van der Waals surface area contributed by atoms with E-state index in [-0.39, 0.29) is 5.91 Å². The van der Waals surface area contributed by atoms with E-state index in [1.54, 1.807) is 59.7 Å². The Morgan fingerprint density at radius 1 is 1.20 bits per heavy atom. The number of hydrogen-bond acceptors (Lipinski definition) is 5. The number of rotatable bonds is 6. The molecule has 0 aliphatic heterocycles. The maximum Gasteiger partial charge on any atom is 0.255 e. The number of carbonyl (C=O) groups is 1. The molecule has 2 heterocycles. The van der Waals surface area contributed by atoms with E-state index < -0.39 is 0 Å². The van der Waals surface area contributed by atoms with Gasteiger partial charge in [0.25, 0.3) is 5.91 Å². The molecular formula is C22H19ClN4O3. The summed E-state index contributed by atoms with van der Waals surface area (Å²) in [5.41, 5.74) is 3.63. The second-order valence-corrected chi connectivity index (χ2v) is 7.11. The van der Waals surface area contributed by atoms with Gasteiger partial charge in [-0.25, -0.2) is 4.98 Å². The molecule has 8 heteroatoms. The third kappa shape index (κ3) is 4.21. The lowest BCUT2D eigenvalue weighted by Gasteiger charge is -2.10. The molecule has 0 unspecified atom stereocenters. The molecule has 0 spiro atoms. The number of imidazole rings is 1. The normalized spacial score (nSPS) is 10.8. The monoisotopic (exact) mass is 422 g/mol. The molecule has 0 saturated carbocycles. The first-order valence-corrected chi connectivity index (χ1v) is 9.63. The highest BCUT2D eigenvalue weighted by atomic mass is 35.5. The van der Waals surface area contributed by atoms with E-state index in [1.165, 1.54) is 0 Å². The molecule has 0 aliphatic carbocycles. The van der Waals surface area contributed by atoms with Gasteiger partial charge in [-0.05, 0) is 56.3 Å². The predicted molar refractivity (Wildman–Crippen MR) is 113 cm³/mol. The number of amides is 1. The van der Waals surface area contributed by atoms with Gasteiger partial charge in [-0.1, -0.05) is 16.8 Å². The third-order valence-corrected chi connectivity index (χ3v) is 4.97. The minimum absolute atomic E-state index is 0.237. The van der Waals surface area contributed by atoms with Crippen molar-refractivity contribution in [2.75, 3.05) is 5.32 Å². The molecule has 0 atom stereocenters. The van der Waals surface area contributed by atoms with E-state index in [1.807, 2.05) is 19.9 Å². The van der Waals surface area contributed by atoms with Crippen LogP contribution >= 0.6 is 11.6 Å². The largest absolute Gasteiger partial charge is 0.489 e. The van der Waals surface area contributed by atoms with Crippen LogP contribution in [0.2, 0.25) is 5.02 Å². The Morgan fingerprint density at radius 2 is 2.00 bits per heavy atom. The van der Waals surface area contributed by atoms with Gasteiger partial charge in [0.05, 0.1) is 28.3 Å². The molecule has 0 saturated heterocycles. The standard InChI is InChI=1S/C22H19ClN4O3/c1-14-19(15(2)30-26-14)12-29-18-6-3-16(4-7-18)22(28)25-17-5-8-21(20(23)11-17)27-10-9-24-13-27/h3-11,13H,12H2,1-2H3,(H,25,28). The third-order valence-electron chi connectivity index (χ3n) is 4.67. The van der Waals surface area contributed by atoms with Crippen LogP contribution in [-0.2, 0) is 6.61 Å². The van der Waals surface area contributed by atoms with Crippen molar-refractivity contribution in [3.63, 3.8) is 0 Å². The SMILES string of the molecule is Cc1noc(C)c1COc1ccc(C(=O)Nc2ccc(-n3ccnc3)c(Cl)c2)cc1. The Kier molecular flexibility index (Phi) is 5.54. The molecule has 1 N–H and O–H groups in total. The maximum atomic E-state index is 12.6. The van der Waals surface area contributed by atoms with Crippen molar-refractivity contribution in [3.8, 4) is 11.4 Å². The summed E-state index contributed by atoms with van der Waals surface area (Å²) in [6, 6.07) is 12.2. The lowest BCUT2D eigenvalue weighted by molar-refractivity contribution is 0.102. The molecule has 2 aromatic heterocycles. The van der Waals surface area contributed by atoms with Crippen molar-refractivity contribution >= 4 is 23.2 Å². The van der Waals surface area contributed by atoms with E-state index >= 15 is 0 Å². The number of carbonyl (C=O) groups excluding carboxylic acids is 1. The zero-order chi connectivity index (χ0) is 21.1. The highest BCUT2D eigenvalue weighted by Crippen LogP contribution is 2.25. The molecule has 0 aliphatic rings. The maximum absolute atomic E-state index is 12.6. The van der Waals surface area contributed by atoms with Crippen LogP contribution < -0.4 is 10.1 Å². The molecule has 0 bridgehead atoms. The molecule has 30 heavy (non-hydrogen) atoms. The highest BCUT2D eigenvalue weighted by molar-refractivity contribution is 6.32. The van der Waals surface area contributed by atoms with Crippen molar-refractivity contribution in [1.29, 1.82) is 0 Å². The highest BCUT2D eigenvalue weighted by Gasteiger charge is 2.11. The summed E-state index contributed by atoms with van der Waals surface area (Å²) in [5.74, 6) is 1.15. The molecule has 4 rings (SSSR count). The number of aromatic nitrogens is 3. The minimum Gasteiger partial charge on any atom is -0.489 e. The Bertz CT molecular complexity index is 1150. The number of benzene rings is 2. The van der Waals surface area contributed by atoms with Crippen LogP contribution in [0.5, 0.6) is 5.75 Å². The van der Waals surface area contributed by atoms with Crippen LogP contribution in [0.25, 0.3) is 5.69 Å². The fraction of sp³-hybridized carbons (Fsp3) is 0.136. The first-order valence-electron chi connectivity index (χ1n) is 9.25. The number of aryl methyl sites for hydroxylation is 2. The summed E-state index contributed by atoms with van der Waals surface area (Å²) in [7, 11) is 0. The van der Waals surface area contributed by atoms with Crippen LogP contribution in [-0.4, -0.2) is 20.6 Å². The van der Waals surface area contributed by atoms with Crippen LogP contribution in [0.1, 0.15) is 27.4 Å². The average Bonchev–Trinajstić information content (AvgIpc) is 3.37. The lowest BCUT2D eigenvalue weighted by Crippen LogP contribution is -2.12. The van der Waals surface area contributed by atoms with Crippen molar-refractivity contribution < 1.29 is 14.1 Å². The van der Waals surface area contributed by atoms with Crippen molar-refractivity contribution in [2.24, 2.45) is 0 Å². The van der Waals surface area contributed by atoms with Gasteiger partial charge in [-0.15, -0.1) is 0 Å². The van der Waals surface area contributed by atoms with Gasteiger partial charge in [0, 0.05) is 23.6 Å². The zero-order valence-electron chi connectivity index (χ0n) is 16.4. The summed E-state index contributed by atoms with van der Waals surface area (Å²) >= 11 is 6.34. The minimum atomic E-state index is -0.237. The van der Waals surface area contributed by atoms with Crippen LogP contribution in [0, 0.1) is 13.8 Å². The second-order valence-electron chi connectivity index (χ2n) is 6.71. The van der Waals surface area contributed by atoms with Crippen molar-refractivity contribution in [3.05, 3.63) is 88.8 Å². The van der Waals surface area contributed by atoms with E-state index in [4.69, 9.17) is 20.9 Å². The molecule has 0 fully saturated rings. The van der Waals surface area contributed by atoms with Crippen molar-refractivity contribution in [2.45, 2.75) is 20.5 Å². The Balaban J connectivity index is 1.40. The van der Waals surface area contributed by atoms with Gasteiger partial charge >= 0.3 is 0 Å². The predicted octanol–water partition coefficient (Wildman–Crippen LogP) is 4.96. The van der Waals surface area contributed by atoms with Gasteiger partial charge in [-0.3, -0.25) is 4.79 Å². The van der Waals surface area contributed by atoms with Crippen LogP contribution in [0.4, 0.5) is 5.69 Å². The van der Waals surface area contributed by atoms with Gasteiger partial charge in [-0.2, -0.15) is 0 Å². The number of anilines is 1. The Morgan fingerprint density at radius 3 is 2.63 bits per heavy atom. The topological polar surface area (TPSA) is 82.2 Å². The number of nitrogens with zero attached hydrogens (tertiary/aromatic N) is 3. The summed E-state index contributed by atoms with van der Waals surface area (Å²) in [6.07, 6.45) is 5.14. The van der Waals surface area contributed by atoms with E-state index in [9.17, 15) is 4.79 Å². The van der Waals surface area contributed by atoms with Gasteiger partial charge in [0.2, 0.25) is 0 Å². The van der Waals surface area contributed by atoms with Crippen LogP contribution in [0.3, 0.4) is 0 Å². The Hall–Kier alpha value is -3.58. The quantitative estimate of drug-likeness (QED) is 0.474. The summed E-state index contributed by atoms with van der Waals surface area (Å²) in [6.45, 7) is 4.08. The zero-order valence-corrected chi connectivity index (χ0v) is 17.2. The summed E-state index contributed by atoms with van der Waals surface area (Å²) in [5, 5.41) is 7.27. The first kappa shape index (κ1) is 19.7. The van der Waals surface area contributed by atoms with E-state index in [2.05, 4.69) is 15.5 Å². The number of ether oxygens (including phenoxy) is 1. The molecule has 1 amide bonds. The number of nitrogens with one attached hydrogen (secondary N) is 1. The second kappa shape index (κ2) is 8.42. The van der Waals surface area contributed by atoms with Crippen LogP contribution in [0.15, 0.2) is 65.7 Å². The number of halogens is 1. The smallest absolute Gasteiger partial charge is 0.255 e. The van der Waals surface area contributed by atoms with Crippen molar-refractivity contribution in [1.82, 2.24) is 14.7 Å². The Labute approximate surface area is 178 Å². The fourth-order valence-corrected chi connectivity index (χ4v) is 3.24. The van der Waals surface area contributed by atoms with Gasteiger partial charge in [0.1, 0.15) is 18.1 Å².